The molecule has 2 aromatic rings. The van der Waals surface area contributed by atoms with Crippen LogP contribution in [0.3, 0.4) is 0 Å². The van der Waals surface area contributed by atoms with Gasteiger partial charge in [0.05, 0.1) is 18.2 Å². The summed E-state index contributed by atoms with van der Waals surface area (Å²) < 4.78 is 5.25. The molecule has 0 fully saturated rings. The quantitative estimate of drug-likeness (QED) is 0.721. The lowest BCUT2D eigenvalue weighted by molar-refractivity contribution is 0.204. The van der Waals surface area contributed by atoms with Gasteiger partial charge in [-0.3, -0.25) is 0 Å². The van der Waals surface area contributed by atoms with Crippen LogP contribution in [0.15, 0.2) is 30.3 Å². The number of fused-ring (bicyclic) bond motifs is 1. The van der Waals surface area contributed by atoms with E-state index in [0.717, 1.165) is 24.6 Å². The van der Waals surface area contributed by atoms with Gasteiger partial charge in [-0.15, -0.1) is 11.6 Å². The molecule has 4 heteroatoms. The highest BCUT2D eigenvalue weighted by atomic mass is 35.5. The third-order valence-corrected chi connectivity index (χ3v) is 3.63. The molecule has 3 nitrogen and oxygen atoms in total. The molecule has 2 rings (SSSR count). The second kappa shape index (κ2) is 7.62. The molecule has 0 radical (unpaired) electrons. The Morgan fingerprint density at radius 3 is 2.71 bits per heavy atom. The summed E-state index contributed by atoms with van der Waals surface area (Å²) in [5.74, 6) is 1.99. The van der Waals surface area contributed by atoms with Crippen LogP contribution in [0.1, 0.15) is 19.5 Å². The Morgan fingerprint density at radius 1 is 1.29 bits per heavy atom. The van der Waals surface area contributed by atoms with E-state index in [2.05, 4.69) is 43.0 Å². The zero-order valence-electron chi connectivity index (χ0n) is 13.0. The molecule has 0 aliphatic rings. The highest BCUT2D eigenvalue weighted by molar-refractivity contribution is 6.17. The van der Waals surface area contributed by atoms with Gasteiger partial charge in [0, 0.05) is 25.6 Å². The number of ether oxygens (including phenoxy) is 1. The number of rotatable bonds is 7. The van der Waals surface area contributed by atoms with Crippen LogP contribution >= 0.6 is 11.6 Å². The van der Waals surface area contributed by atoms with E-state index in [9.17, 15) is 0 Å². The summed E-state index contributed by atoms with van der Waals surface area (Å²) in [6.07, 6.45) is 0. The molecule has 0 unspecified atom stereocenters. The number of methoxy groups -OCH3 is 1. The summed E-state index contributed by atoms with van der Waals surface area (Å²) >= 11 is 6.01. The number of halogens is 1. The van der Waals surface area contributed by atoms with Crippen LogP contribution < -0.4 is 4.90 Å². The predicted molar refractivity (Wildman–Crippen MR) is 90.2 cm³/mol. The summed E-state index contributed by atoms with van der Waals surface area (Å²) in [6, 6.07) is 10.4. The normalized spacial score (nSPS) is 11.3. The number of aromatic nitrogens is 1. The Hall–Kier alpha value is -1.32. The van der Waals surface area contributed by atoms with Crippen molar-refractivity contribution in [3.05, 3.63) is 36.0 Å². The van der Waals surface area contributed by atoms with E-state index >= 15 is 0 Å². The molecule has 1 heterocycles. The van der Waals surface area contributed by atoms with Crippen molar-refractivity contribution in [2.75, 3.05) is 31.7 Å². The fraction of sp³-hybridized carbons (Fsp3) is 0.471. The van der Waals surface area contributed by atoms with Gasteiger partial charge in [-0.25, -0.2) is 4.98 Å². The number of anilines is 1. The van der Waals surface area contributed by atoms with Crippen LogP contribution in [-0.4, -0.2) is 31.8 Å². The average molecular weight is 307 g/mol. The Kier molecular flexibility index (Phi) is 5.83. The van der Waals surface area contributed by atoms with Gasteiger partial charge >= 0.3 is 0 Å². The van der Waals surface area contributed by atoms with Crippen LogP contribution in [0.5, 0.6) is 0 Å². The molecule has 0 saturated carbocycles. The van der Waals surface area contributed by atoms with Crippen LogP contribution in [0.25, 0.3) is 10.8 Å². The fourth-order valence-electron chi connectivity index (χ4n) is 2.47. The molecule has 0 amide bonds. The molecule has 21 heavy (non-hydrogen) atoms. The van der Waals surface area contributed by atoms with Gasteiger partial charge in [0.1, 0.15) is 5.82 Å². The average Bonchev–Trinajstić information content (AvgIpc) is 2.50. The van der Waals surface area contributed by atoms with Gasteiger partial charge in [0.25, 0.3) is 0 Å². The molecule has 1 aromatic heterocycles. The number of hydrogen-bond donors (Lipinski definition) is 0. The molecular formula is C17H23ClN2O. The van der Waals surface area contributed by atoms with Crippen molar-refractivity contribution < 1.29 is 4.74 Å². The summed E-state index contributed by atoms with van der Waals surface area (Å²) in [5.41, 5.74) is 0.913. The third kappa shape index (κ3) is 4.08. The molecule has 0 N–H and O–H groups in total. The zero-order valence-corrected chi connectivity index (χ0v) is 13.7. The van der Waals surface area contributed by atoms with Crippen molar-refractivity contribution in [1.29, 1.82) is 0 Å². The first-order valence-corrected chi connectivity index (χ1v) is 7.87. The van der Waals surface area contributed by atoms with E-state index < -0.39 is 0 Å². The minimum absolute atomic E-state index is 0.428. The molecule has 114 valence electrons. The number of benzene rings is 1. The van der Waals surface area contributed by atoms with E-state index in [1.54, 1.807) is 7.11 Å². The smallest absolute Gasteiger partial charge is 0.136 e. The summed E-state index contributed by atoms with van der Waals surface area (Å²) in [6.45, 7) is 6.90. The maximum Gasteiger partial charge on any atom is 0.136 e. The van der Waals surface area contributed by atoms with E-state index in [1.165, 1.54) is 10.8 Å². The molecule has 0 aliphatic heterocycles. The second-order valence-corrected chi connectivity index (χ2v) is 5.89. The Morgan fingerprint density at radius 2 is 2.05 bits per heavy atom. The highest BCUT2D eigenvalue weighted by Gasteiger charge is 2.14. The highest BCUT2D eigenvalue weighted by Crippen LogP contribution is 2.27. The minimum atomic E-state index is 0.428. The van der Waals surface area contributed by atoms with Crippen LogP contribution in [0.2, 0.25) is 0 Å². The lowest BCUT2D eigenvalue weighted by Gasteiger charge is -2.27. The standard InChI is InChI=1S/C17H23ClN2O/c1-13(2)12-20(8-9-21-3)17-16-7-5-4-6-14(16)10-15(11-18)19-17/h4-7,10,13H,8-9,11-12H2,1-3H3. The van der Waals surface area contributed by atoms with Gasteiger partial charge < -0.3 is 9.64 Å². The van der Waals surface area contributed by atoms with Crippen LogP contribution in [0, 0.1) is 5.92 Å². The van der Waals surface area contributed by atoms with Crippen molar-refractivity contribution in [2.45, 2.75) is 19.7 Å². The van der Waals surface area contributed by atoms with Crippen molar-refractivity contribution in [1.82, 2.24) is 4.98 Å². The van der Waals surface area contributed by atoms with Crippen molar-refractivity contribution in [2.24, 2.45) is 5.92 Å². The van der Waals surface area contributed by atoms with Crippen molar-refractivity contribution in [3.63, 3.8) is 0 Å². The van der Waals surface area contributed by atoms with Gasteiger partial charge in [0.2, 0.25) is 0 Å². The largest absolute Gasteiger partial charge is 0.383 e. The Labute approximate surface area is 131 Å². The SMILES string of the molecule is COCCN(CC(C)C)c1nc(CCl)cc2ccccc12. The molecule has 0 atom stereocenters. The number of hydrogen-bond acceptors (Lipinski definition) is 3. The molecule has 1 aromatic carbocycles. The molecule has 0 aliphatic carbocycles. The summed E-state index contributed by atoms with van der Waals surface area (Å²) in [7, 11) is 1.73. The monoisotopic (exact) mass is 306 g/mol. The topological polar surface area (TPSA) is 25.4 Å². The lowest BCUT2D eigenvalue weighted by Crippen LogP contribution is -2.32. The van der Waals surface area contributed by atoms with Crippen LogP contribution in [0.4, 0.5) is 5.82 Å². The number of pyridine rings is 1. The van der Waals surface area contributed by atoms with Crippen molar-refractivity contribution in [3.8, 4) is 0 Å². The summed E-state index contributed by atoms with van der Waals surface area (Å²) in [5, 5.41) is 2.35. The summed E-state index contributed by atoms with van der Waals surface area (Å²) in [4.78, 5) is 7.06. The minimum Gasteiger partial charge on any atom is -0.383 e. The van der Waals surface area contributed by atoms with E-state index in [1.807, 2.05) is 6.07 Å². The number of nitrogens with zero attached hydrogens (tertiary/aromatic N) is 2. The molecule has 0 bridgehead atoms. The third-order valence-electron chi connectivity index (χ3n) is 3.36. The molecular weight excluding hydrogens is 284 g/mol. The lowest BCUT2D eigenvalue weighted by atomic mass is 10.1. The van der Waals surface area contributed by atoms with Crippen molar-refractivity contribution >= 4 is 28.2 Å². The second-order valence-electron chi connectivity index (χ2n) is 5.62. The predicted octanol–water partition coefficient (Wildman–Crippen LogP) is 4.08. The van der Waals surface area contributed by atoms with Gasteiger partial charge in [-0.2, -0.15) is 0 Å². The van der Waals surface area contributed by atoms with Crippen LogP contribution in [-0.2, 0) is 10.6 Å². The Bertz CT molecular complexity index is 586. The van der Waals surface area contributed by atoms with E-state index in [4.69, 9.17) is 21.3 Å². The Balaban J connectivity index is 2.48. The molecule has 0 saturated heterocycles. The van der Waals surface area contributed by atoms with E-state index in [0.29, 0.717) is 18.4 Å². The zero-order chi connectivity index (χ0) is 15.2. The first-order chi connectivity index (χ1) is 10.2. The first kappa shape index (κ1) is 16.1. The van der Waals surface area contributed by atoms with Gasteiger partial charge in [0.15, 0.2) is 0 Å². The number of alkyl halides is 1. The maximum atomic E-state index is 6.01. The van der Waals surface area contributed by atoms with E-state index in [-0.39, 0.29) is 0 Å². The first-order valence-electron chi connectivity index (χ1n) is 7.34. The van der Waals surface area contributed by atoms with Gasteiger partial charge in [-0.05, 0) is 17.4 Å². The molecule has 0 spiro atoms. The van der Waals surface area contributed by atoms with Gasteiger partial charge in [-0.1, -0.05) is 38.1 Å². The maximum absolute atomic E-state index is 6.01. The fourth-order valence-corrected chi connectivity index (χ4v) is 2.61.